The van der Waals surface area contributed by atoms with Crippen molar-refractivity contribution in [2.24, 2.45) is 7.05 Å². The number of hydrogen-bond donors (Lipinski definition) is 1. The fraction of sp³-hybridized carbons (Fsp3) is 0.312. The molecule has 0 aliphatic heterocycles. The molecule has 5 heteroatoms. The van der Waals surface area contributed by atoms with E-state index in [1.54, 1.807) is 24.3 Å². The monoisotopic (exact) mass is 305 g/mol. The van der Waals surface area contributed by atoms with Crippen molar-refractivity contribution < 1.29 is 4.79 Å². The molecule has 1 heterocycles. The van der Waals surface area contributed by atoms with Gasteiger partial charge in [-0.1, -0.05) is 11.6 Å². The number of aryl methyl sites for hydroxylation is 1. The lowest BCUT2D eigenvalue weighted by Crippen LogP contribution is -2.35. The van der Waals surface area contributed by atoms with Crippen molar-refractivity contribution in [1.82, 2.24) is 14.8 Å². The lowest BCUT2D eigenvalue weighted by molar-refractivity contribution is 0.0941. The predicted molar refractivity (Wildman–Crippen MR) is 85.6 cm³/mol. The maximum absolute atomic E-state index is 12.2. The van der Waals surface area contributed by atoms with E-state index in [4.69, 9.17) is 11.6 Å². The average Bonchev–Trinajstić information content (AvgIpc) is 2.85. The molecule has 2 rings (SSSR count). The zero-order valence-corrected chi connectivity index (χ0v) is 13.3. The van der Waals surface area contributed by atoms with E-state index in [1.807, 2.05) is 33.4 Å². The van der Waals surface area contributed by atoms with Crippen LogP contribution in [0.5, 0.6) is 0 Å². The summed E-state index contributed by atoms with van der Waals surface area (Å²) in [6, 6.07) is 11.1. The van der Waals surface area contributed by atoms with Crippen LogP contribution in [-0.4, -0.2) is 36.0 Å². The molecule has 0 aliphatic carbocycles. The van der Waals surface area contributed by atoms with Gasteiger partial charge in [-0.05, 0) is 50.5 Å². The number of amides is 1. The van der Waals surface area contributed by atoms with Gasteiger partial charge >= 0.3 is 0 Å². The Bertz CT molecular complexity index is 604. The first-order valence-electron chi connectivity index (χ1n) is 6.80. The molecule has 0 saturated carbocycles. The van der Waals surface area contributed by atoms with Crippen molar-refractivity contribution in [3.05, 3.63) is 58.9 Å². The van der Waals surface area contributed by atoms with Crippen LogP contribution in [0.3, 0.4) is 0 Å². The third-order valence-electron chi connectivity index (χ3n) is 3.51. The first-order chi connectivity index (χ1) is 9.99. The number of likely N-dealkylation sites (N-methyl/N-ethyl adjacent to an activating group) is 1. The summed E-state index contributed by atoms with van der Waals surface area (Å²) < 4.78 is 2.07. The SMILES string of the molecule is CN(C)C(CNC(=O)c1ccc(Cl)cc1)c1cccn1C. The molecule has 1 amide bonds. The predicted octanol–water partition coefficient (Wildman–Crippen LogP) is 2.71. The number of rotatable bonds is 5. The molecule has 112 valence electrons. The lowest BCUT2D eigenvalue weighted by Gasteiger charge is -2.25. The average molecular weight is 306 g/mol. The van der Waals surface area contributed by atoms with Gasteiger partial charge in [-0.3, -0.25) is 9.69 Å². The van der Waals surface area contributed by atoms with Crippen LogP contribution in [0.2, 0.25) is 5.02 Å². The van der Waals surface area contributed by atoms with Crippen molar-refractivity contribution in [3.8, 4) is 0 Å². The molecule has 0 aliphatic rings. The second-order valence-electron chi connectivity index (χ2n) is 5.24. The number of carbonyl (C=O) groups is 1. The van der Waals surface area contributed by atoms with Gasteiger partial charge in [0, 0.05) is 36.1 Å². The van der Waals surface area contributed by atoms with E-state index in [0.29, 0.717) is 17.1 Å². The van der Waals surface area contributed by atoms with Crippen LogP contribution in [0.1, 0.15) is 22.1 Å². The third-order valence-corrected chi connectivity index (χ3v) is 3.76. The Morgan fingerprint density at radius 2 is 1.95 bits per heavy atom. The molecular weight excluding hydrogens is 286 g/mol. The van der Waals surface area contributed by atoms with Crippen LogP contribution in [0, 0.1) is 0 Å². The lowest BCUT2D eigenvalue weighted by atomic mass is 10.1. The van der Waals surface area contributed by atoms with Gasteiger partial charge < -0.3 is 9.88 Å². The molecule has 0 fully saturated rings. The van der Waals surface area contributed by atoms with Gasteiger partial charge in [-0.15, -0.1) is 0 Å². The van der Waals surface area contributed by atoms with Crippen molar-refractivity contribution in [2.45, 2.75) is 6.04 Å². The van der Waals surface area contributed by atoms with E-state index >= 15 is 0 Å². The standard InChI is InChI=1S/C16H20ClN3O/c1-19(2)15(14-5-4-10-20(14)3)11-18-16(21)12-6-8-13(17)9-7-12/h4-10,15H,11H2,1-3H3,(H,18,21). The molecule has 4 nitrogen and oxygen atoms in total. The maximum Gasteiger partial charge on any atom is 0.251 e. The van der Waals surface area contributed by atoms with Gasteiger partial charge in [-0.2, -0.15) is 0 Å². The minimum absolute atomic E-state index is 0.0901. The summed E-state index contributed by atoms with van der Waals surface area (Å²) >= 11 is 5.83. The number of benzene rings is 1. The van der Waals surface area contributed by atoms with E-state index in [-0.39, 0.29) is 11.9 Å². The van der Waals surface area contributed by atoms with E-state index in [0.717, 1.165) is 5.69 Å². The molecule has 1 N–H and O–H groups in total. The number of hydrogen-bond acceptors (Lipinski definition) is 2. The minimum atomic E-state index is -0.0901. The van der Waals surface area contributed by atoms with Gasteiger partial charge in [0.15, 0.2) is 0 Å². The highest BCUT2D eigenvalue weighted by Gasteiger charge is 2.17. The highest BCUT2D eigenvalue weighted by Crippen LogP contribution is 2.17. The van der Waals surface area contributed by atoms with Crippen molar-refractivity contribution in [1.29, 1.82) is 0 Å². The van der Waals surface area contributed by atoms with Gasteiger partial charge in [0.05, 0.1) is 6.04 Å². The first-order valence-corrected chi connectivity index (χ1v) is 7.18. The van der Waals surface area contributed by atoms with Crippen LogP contribution in [0.15, 0.2) is 42.6 Å². The molecule has 0 bridgehead atoms. The topological polar surface area (TPSA) is 37.3 Å². The van der Waals surface area contributed by atoms with Crippen LogP contribution < -0.4 is 5.32 Å². The van der Waals surface area contributed by atoms with Gasteiger partial charge in [0.1, 0.15) is 0 Å². The molecular formula is C16H20ClN3O. The second kappa shape index (κ2) is 6.78. The van der Waals surface area contributed by atoms with Crippen LogP contribution in [0.25, 0.3) is 0 Å². The van der Waals surface area contributed by atoms with E-state index in [1.165, 1.54) is 0 Å². The zero-order valence-electron chi connectivity index (χ0n) is 12.5. The Hall–Kier alpha value is -1.78. The molecule has 1 aromatic heterocycles. The molecule has 1 unspecified atom stereocenters. The Morgan fingerprint density at radius 1 is 1.29 bits per heavy atom. The highest BCUT2D eigenvalue weighted by atomic mass is 35.5. The second-order valence-corrected chi connectivity index (χ2v) is 5.68. The fourth-order valence-electron chi connectivity index (χ4n) is 2.26. The Kier molecular flexibility index (Phi) is 5.04. The summed E-state index contributed by atoms with van der Waals surface area (Å²) in [5, 5.41) is 3.60. The van der Waals surface area contributed by atoms with E-state index in [2.05, 4.69) is 20.9 Å². The smallest absolute Gasteiger partial charge is 0.251 e. The summed E-state index contributed by atoms with van der Waals surface area (Å²) in [6.45, 7) is 0.548. The van der Waals surface area contributed by atoms with Crippen molar-refractivity contribution >= 4 is 17.5 Å². The first kappa shape index (κ1) is 15.6. The van der Waals surface area contributed by atoms with E-state index in [9.17, 15) is 4.79 Å². The summed E-state index contributed by atoms with van der Waals surface area (Å²) in [5.74, 6) is -0.0901. The molecule has 1 atom stereocenters. The fourth-order valence-corrected chi connectivity index (χ4v) is 2.39. The summed E-state index contributed by atoms with van der Waals surface area (Å²) in [7, 11) is 6.02. The van der Waals surface area contributed by atoms with Crippen LogP contribution in [0.4, 0.5) is 0 Å². The number of carbonyl (C=O) groups excluding carboxylic acids is 1. The van der Waals surface area contributed by atoms with Gasteiger partial charge in [-0.25, -0.2) is 0 Å². The Morgan fingerprint density at radius 3 is 2.48 bits per heavy atom. The molecule has 1 aromatic carbocycles. The summed E-state index contributed by atoms with van der Waals surface area (Å²) in [4.78, 5) is 14.3. The Balaban J connectivity index is 2.04. The Labute approximate surface area is 130 Å². The zero-order chi connectivity index (χ0) is 15.4. The number of halogens is 1. The third kappa shape index (κ3) is 3.86. The summed E-state index contributed by atoms with van der Waals surface area (Å²) in [6.07, 6.45) is 2.01. The number of aromatic nitrogens is 1. The van der Waals surface area contributed by atoms with Crippen LogP contribution in [-0.2, 0) is 7.05 Å². The molecule has 0 radical (unpaired) electrons. The number of nitrogens with one attached hydrogen (secondary N) is 1. The molecule has 21 heavy (non-hydrogen) atoms. The maximum atomic E-state index is 12.2. The largest absolute Gasteiger partial charge is 0.353 e. The van der Waals surface area contributed by atoms with Crippen molar-refractivity contribution in [2.75, 3.05) is 20.6 Å². The number of nitrogens with zero attached hydrogens (tertiary/aromatic N) is 2. The molecule has 0 saturated heterocycles. The van der Waals surface area contributed by atoms with Gasteiger partial charge in [0.25, 0.3) is 5.91 Å². The molecule has 2 aromatic rings. The van der Waals surface area contributed by atoms with Crippen LogP contribution >= 0.6 is 11.6 Å². The van der Waals surface area contributed by atoms with E-state index < -0.39 is 0 Å². The van der Waals surface area contributed by atoms with Gasteiger partial charge in [0.2, 0.25) is 0 Å². The molecule has 0 spiro atoms. The normalized spacial score (nSPS) is 12.4. The highest BCUT2D eigenvalue weighted by molar-refractivity contribution is 6.30. The van der Waals surface area contributed by atoms with Crippen molar-refractivity contribution in [3.63, 3.8) is 0 Å². The quantitative estimate of drug-likeness (QED) is 0.922. The minimum Gasteiger partial charge on any atom is -0.353 e. The summed E-state index contributed by atoms with van der Waals surface area (Å²) in [5.41, 5.74) is 1.78.